The predicted octanol–water partition coefficient (Wildman–Crippen LogP) is 6.26. The lowest BCUT2D eigenvalue weighted by Gasteiger charge is -2.00. The molecule has 0 aromatic heterocycles. The summed E-state index contributed by atoms with van der Waals surface area (Å²) in [7, 11) is 0. The molecule has 0 N–H and O–H groups in total. The molecular formula is C18H36O. The number of unbranched alkanes of at least 4 members (excludes halogenated alkanes) is 10. The molecule has 0 unspecified atom stereocenters. The molecule has 1 aliphatic heterocycles. The van der Waals surface area contributed by atoms with Gasteiger partial charge in [-0.2, -0.15) is 0 Å². The molecule has 0 spiro atoms. The second kappa shape index (κ2) is 11.8. The molecule has 0 saturated carbocycles. The average Bonchev–Trinajstić information content (AvgIpc) is 3.16. The van der Waals surface area contributed by atoms with Gasteiger partial charge in [0.05, 0.1) is 12.2 Å². The standard InChI is InChI=1S/C18H36O/c1-3-5-7-9-11-13-15-17-18(19-17)16-14-12-10-8-6-4-2/h17-18H,3-16H2,1-2H3/t17-,18+. The van der Waals surface area contributed by atoms with Crippen LogP contribution in [0.3, 0.4) is 0 Å². The fourth-order valence-electron chi connectivity index (χ4n) is 2.94. The Morgan fingerprint density at radius 3 is 1.32 bits per heavy atom. The van der Waals surface area contributed by atoms with Gasteiger partial charge in [-0.05, 0) is 12.8 Å². The van der Waals surface area contributed by atoms with Crippen molar-refractivity contribution in [3.63, 3.8) is 0 Å². The predicted molar refractivity (Wildman–Crippen MR) is 84.6 cm³/mol. The zero-order valence-electron chi connectivity index (χ0n) is 13.5. The summed E-state index contributed by atoms with van der Waals surface area (Å²) < 4.78 is 5.77. The van der Waals surface area contributed by atoms with E-state index in [1.807, 2.05) is 0 Å². The fraction of sp³-hybridized carbons (Fsp3) is 1.00. The van der Waals surface area contributed by atoms with Crippen molar-refractivity contribution in [1.29, 1.82) is 0 Å². The van der Waals surface area contributed by atoms with Crippen LogP contribution in [0.5, 0.6) is 0 Å². The summed E-state index contributed by atoms with van der Waals surface area (Å²) in [5.74, 6) is 0. The lowest BCUT2D eigenvalue weighted by atomic mass is 10.0. The van der Waals surface area contributed by atoms with E-state index >= 15 is 0 Å². The van der Waals surface area contributed by atoms with Gasteiger partial charge in [-0.3, -0.25) is 0 Å². The highest BCUT2D eigenvalue weighted by Gasteiger charge is 2.36. The highest BCUT2D eigenvalue weighted by molar-refractivity contribution is 4.84. The largest absolute Gasteiger partial charge is 0.370 e. The average molecular weight is 268 g/mol. The summed E-state index contributed by atoms with van der Waals surface area (Å²) in [6, 6.07) is 0. The smallest absolute Gasteiger partial charge is 0.0841 e. The molecule has 0 aromatic rings. The van der Waals surface area contributed by atoms with E-state index in [-0.39, 0.29) is 0 Å². The van der Waals surface area contributed by atoms with Gasteiger partial charge in [0.2, 0.25) is 0 Å². The van der Waals surface area contributed by atoms with Crippen LogP contribution >= 0.6 is 0 Å². The van der Waals surface area contributed by atoms with Gasteiger partial charge in [0.1, 0.15) is 0 Å². The second-order valence-corrected chi connectivity index (χ2v) is 6.33. The van der Waals surface area contributed by atoms with E-state index in [4.69, 9.17) is 4.74 Å². The van der Waals surface area contributed by atoms with E-state index in [1.165, 1.54) is 89.9 Å². The van der Waals surface area contributed by atoms with Crippen molar-refractivity contribution in [1.82, 2.24) is 0 Å². The van der Waals surface area contributed by atoms with E-state index < -0.39 is 0 Å². The first kappa shape index (κ1) is 17.0. The van der Waals surface area contributed by atoms with Gasteiger partial charge in [0, 0.05) is 0 Å². The third-order valence-corrected chi connectivity index (χ3v) is 4.37. The van der Waals surface area contributed by atoms with Crippen LogP contribution in [0.15, 0.2) is 0 Å². The molecule has 0 bridgehead atoms. The van der Waals surface area contributed by atoms with Crippen LogP contribution < -0.4 is 0 Å². The van der Waals surface area contributed by atoms with E-state index in [2.05, 4.69) is 13.8 Å². The number of hydrogen-bond acceptors (Lipinski definition) is 1. The first-order valence-corrected chi connectivity index (χ1v) is 9.04. The minimum absolute atomic E-state index is 0.641. The zero-order valence-corrected chi connectivity index (χ0v) is 13.5. The van der Waals surface area contributed by atoms with Crippen LogP contribution in [0.1, 0.15) is 104 Å². The molecule has 0 aromatic carbocycles. The van der Waals surface area contributed by atoms with Gasteiger partial charge in [-0.25, -0.2) is 0 Å². The molecule has 114 valence electrons. The highest BCUT2D eigenvalue weighted by Crippen LogP contribution is 2.31. The van der Waals surface area contributed by atoms with Crippen LogP contribution in [0, 0.1) is 0 Å². The topological polar surface area (TPSA) is 12.5 Å². The summed E-state index contributed by atoms with van der Waals surface area (Å²) >= 11 is 0. The fourth-order valence-corrected chi connectivity index (χ4v) is 2.94. The Balaban J connectivity index is 1.76. The molecule has 1 aliphatic rings. The Labute approximate surface area is 121 Å². The molecule has 0 aliphatic carbocycles. The SMILES string of the molecule is CCCCCCCC[C@@H]1O[C@@H]1CCCCCCCC. The van der Waals surface area contributed by atoms with Crippen molar-refractivity contribution in [2.45, 2.75) is 116 Å². The molecule has 19 heavy (non-hydrogen) atoms. The lowest BCUT2D eigenvalue weighted by Crippen LogP contribution is -1.94. The Morgan fingerprint density at radius 1 is 0.526 bits per heavy atom. The van der Waals surface area contributed by atoms with Crippen molar-refractivity contribution in [3.8, 4) is 0 Å². The van der Waals surface area contributed by atoms with E-state index in [9.17, 15) is 0 Å². The van der Waals surface area contributed by atoms with Gasteiger partial charge in [-0.15, -0.1) is 0 Å². The third kappa shape index (κ3) is 9.49. The van der Waals surface area contributed by atoms with E-state index in [0.29, 0.717) is 12.2 Å². The molecule has 0 amide bonds. The molecule has 1 nitrogen and oxygen atoms in total. The van der Waals surface area contributed by atoms with E-state index in [1.54, 1.807) is 0 Å². The van der Waals surface area contributed by atoms with Crippen LogP contribution in [0.2, 0.25) is 0 Å². The van der Waals surface area contributed by atoms with Gasteiger partial charge in [0.25, 0.3) is 0 Å². The Morgan fingerprint density at radius 2 is 0.895 bits per heavy atom. The van der Waals surface area contributed by atoms with Gasteiger partial charge < -0.3 is 4.74 Å². The van der Waals surface area contributed by atoms with E-state index in [0.717, 1.165) is 0 Å². The van der Waals surface area contributed by atoms with Gasteiger partial charge in [-0.1, -0.05) is 90.9 Å². The normalized spacial score (nSPS) is 21.8. The highest BCUT2D eigenvalue weighted by atomic mass is 16.6. The summed E-state index contributed by atoms with van der Waals surface area (Å²) in [5.41, 5.74) is 0. The number of hydrogen-bond donors (Lipinski definition) is 0. The number of epoxide rings is 1. The third-order valence-electron chi connectivity index (χ3n) is 4.37. The van der Waals surface area contributed by atoms with Crippen molar-refractivity contribution in [3.05, 3.63) is 0 Å². The lowest BCUT2D eigenvalue weighted by molar-refractivity contribution is 0.347. The molecular weight excluding hydrogens is 232 g/mol. The first-order chi connectivity index (χ1) is 9.38. The van der Waals surface area contributed by atoms with Crippen LogP contribution in [0.25, 0.3) is 0 Å². The first-order valence-electron chi connectivity index (χ1n) is 9.04. The maximum atomic E-state index is 5.77. The summed E-state index contributed by atoms with van der Waals surface area (Å²) in [6.45, 7) is 4.57. The quantitative estimate of drug-likeness (QED) is 0.268. The van der Waals surface area contributed by atoms with Crippen molar-refractivity contribution < 1.29 is 4.74 Å². The molecule has 1 heteroatoms. The number of rotatable bonds is 14. The Kier molecular flexibility index (Phi) is 10.5. The monoisotopic (exact) mass is 268 g/mol. The van der Waals surface area contributed by atoms with Crippen LogP contribution in [0.4, 0.5) is 0 Å². The zero-order chi connectivity index (χ0) is 13.8. The number of ether oxygens (including phenoxy) is 1. The molecule has 1 rings (SSSR count). The Bertz CT molecular complexity index is 170. The Hall–Kier alpha value is -0.0400. The molecule has 2 atom stereocenters. The molecule has 1 fully saturated rings. The van der Waals surface area contributed by atoms with Gasteiger partial charge >= 0.3 is 0 Å². The second-order valence-electron chi connectivity index (χ2n) is 6.33. The van der Waals surface area contributed by atoms with Crippen molar-refractivity contribution in [2.75, 3.05) is 0 Å². The minimum Gasteiger partial charge on any atom is -0.370 e. The van der Waals surface area contributed by atoms with Crippen molar-refractivity contribution in [2.24, 2.45) is 0 Å². The minimum atomic E-state index is 0.641. The van der Waals surface area contributed by atoms with Crippen molar-refractivity contribution >= 4 is 0 Å². The molecule has 1 saturated heterocycles. The molecule has 1 heterocycles. The summed E-state index contributed by atoms with van der Waals surface area (Å²) in [6.07, 6.45) is 20.8. The maximum Gasteiger partial charge on any atom is 0.0841 e. The van der Waals surface area contributed by atoms with Gasteiger partial charge in [0.15, 0.2) is 0 Å². The maximum absolute atomic E-state index is 5.77. The van der Waals surface area contributed by atoms with Crippen LogP contribution in [-0.4, -0.2) is 12.2 Å². The van der Waals surface area contributed by atoms with Crippen LogP contribution in [-0.2, 0) is 4.74 Å². The molecule has 0 radical (unpaired) electrons. The summed E-state index contributed by atoms with van der Waals surface area (Å²) in [4.78, 5) is 0. The summed E-state index contributed by atoms with van der Waals surface area (Å²) in [5, 5.41) is 0.